The van der Waals surface area contributed by atoms with Crippen molar-refractivity contribution < 1.29 is 18.3 Å². The molecule has 1 unspecified atom stereocenters. The number of ether oxygens (including phenoxy) is 1. The van der Waals surface area contributed by atoms with Gasteiger partial charge in [-0.2, -0.15) is 0 Å². The van der Waals surface area contributed by atoms with Gasteiger partial charge >= 0.3 is 5.97 Å². The molecule has 0 aromatic heterocycles. The predicted molar refractivity (Wildman–Crippen MR) is 66.5 cm³/mol. The molecule has 0 aromatic rings. The van der Waals surface area contributed by atoms with Gasteiger partial charge in [0.15, 0.2) is 0 Å². The van der Waals surface area contributed by atoms with Crippen molar-refractivity contribution in [1.82, 2.24) is 0 Å². The van der Waals surface area contributed by atoms with Crippen molar-refractivity contribution >= 4 is 5.97 Å². The second kappa shape index (κ2) is 6.48. The summed E-state index contributed by atoms with van der Waals surface area (Å²) in [5.41, 5.74) is 0. The minimum atomic E-state index is -2.52. The molecule has 0 spiro atoms. The highest BCUT2D eigenvalue weighted by atomic mass is 19.3. The average molecular weight is 262 g/mol. The van der Waals surface area contributed by atoms with Crippen LogP contribution in [0.2, 0.25) is 0 Å². The Labute approximate surface area is 108 Å². The summed E-state index contributed by atoms with van der Waals surface area (Å²) >= 11 is 0. The number of halogens is 2. The Morgan fingerprint density at radius 1 is 1.33 bits per heavy atom. The first-order valence-corrected chi connectivity index (χ1v) is 6.91. The highest BCUT2D eigenvalue weighted by Gasteiger charge is 2.35. The number of alkyl halides is 2. The molecule has 1 rings (SSSR count). The second-order valence-electron chi connectivity index (χ2n) is 5.68. The molecule has 1 atom stereocenters. The van der Waals surface area contributed by atoms with Crippen molar-refractivity contribution in [2.45, 2.75) is 71.3 Å². The van der Waals surface area contributed by atoms with E-state index in [2.05, 4.69) is 0 Å². The lowest BCUT2D eigenvalue weighted by Gasteiger charge is -2.28. The smallest absolute Gasteiger partial charge is 0.306 e. The van der Waals surface area contributed by atoms with Crippen LogP contribution in [0.1, 0.15) is 59.3 Å². The Balaban J connectivity index is 2.33. The summed E-state index contributed by atoms with van der Waals surface area (Å²) in [5.74, 6) is -2.38. The fourth-order valence-corrected chi connectivity index (χ4v) is 2.45. The van der Waals surface area contributed by atoms with E-state index >= 15 is 0 Å². The molecule has 1 aliphatic carbocycles. The highest BCUT2D eigenvalue weighted by Crippen LogP contribution is 2.37. The number of hydrogen-bond acceptors (Lipinski definition) is 2. The first kappa shape index (κ1) is 15.4. The third-order valence-corrected chi connectivity index (χ3v) is 3.72. The van der Waals surface area contributed by atoms with E-state index in [1.807, 2.05) is 20.8 Å². The van der Waals surface area contributed by atoms with Crippen LogP contribution in [0.5, 0.6) is 0 Å². The summed E-state index contributed by atoms with van der Waals surface area (Å²) < 4.78 is 31.3. The van der Waals surface area contributed by atoms with E-state index in [0.717, 1.165) is 6.42 Å². The van der Waals surface area contributed by atoms with E-state index in [1.165, 1.54) is 0 Å². The lowest BCUT2D eigenvalue weighted by atomic mass is 9.85. The Bertz CT molecular complexity index is 267. The zero-order chi connectivity index (χ0) is 13.8. The third kappa shape index (κ3) is 4.91. The average Bonchev–Trinajstić information content (AvgIpc) is 2.28. The van der Waals surface area contributed by atoms with Crippen LogP contribution in [0.15, 0.2) is 0 Å². The molecule has 0 bridgehead atoms. The number of carbonyl (C=O) groups is 1. The fourth-order valence-electron chi connectivity index (χ4n) is 2.45. The van der Waals surface area contributed by atoms with Crippen molar-refractivity contribution in [3.8, 4) is 0 Å². The van der Waals surface area contributed by atoms with Gasteiger partial charge in [-0.3, -0.25) is 4.79 Å². The lowest BCUT2D eigenvalue weighted by Crippen LogP contribution is -2.28. The molecule has 0 radical (unpaired) electrons. The van der Waals surface area contributed by atoms with Crippen LogP contribution in [0.4, 0.5) is 8.78 Å². The summed E-state index contributed by atoms with van der Waals surface area (Å²) in [4.78, 5) is 11.7. The largest absolute Gasteiger partial charge is 0.462 e. The summed E-state index contributed by atoms with van der Waals surface area (Å²) in [6.07, 6.45) is 1.72. The number of carbonyl (C=O) groups excluding carboxylic acids is 1. The summed E-state index contributed by atoms with van der Waals surface area (Å²) in [7, 11) is 0. The Hall–Kier alpha value is -0.670. The third-order valence-electron chi connectivity index (χ3n) is 3.72. The van der Waals surface area contributed by atoms with Crippen molar-refractivity contribution in [3.63, 3.8) is 0 Å². The first-order valence-electron chi connectivity index (χ1n) is 6.91. The molecule has 0 amide bonds. The molecule has 0 heterocycles. The molecule has 0 aliphatic heterocycles. The molecule has 0 saturated heterocycles. The molecule has 1 aliphatic rings. The van der Waals surface area contributed by atoms with E-state index in [1.54, 1.807) is 0 Å². The van der Waals surface area contributed by atoms with Crippen LogP contribution < -0.4 is 0 Å². The molecule has 0 aromatic carbocycles. The van der Waals surface area contributed by atoms with Gasteiger partial charge in [-0.05, 0) is 31.1 Å². The minimum Gasteiger partial charge on any atom is -0.462 e. The van der Waals surface area contributed by atoms with Gasteiger partial charge in [0.25, 0.3) is 0 Å². The van der Waals surface area contributed by atoms with Gasteiger partial charge < -0.3 is 4.74 Å². The van der Waals surface area contributed by atoms with Gasteiger partial charge in [0.2, 0.25) is 5.92 Å². The maximum absolute atomic E-state index is 13.0. The maximum atomic E-state index is 13.0. The SMILES string of the molecule is CCC(OC(=O)CC1CCC(F)(F)CC1)C(C)C. The Morgan fingerprint density at radius 3 is 2.33 bits per heavy atom. The number of rotatable bonds is 5. The normalized spacial score (nSPS) is 21.9. The molecule has 106 valence electrons. The molecular weight excluding hydrogens is 238 g/mol. The Morgan fingerprint density at radius 2 is 1.89 bits per heavy atom. The van der Waals surface area contributed by atoms with Crippen LogP contribution in [0.3, 0.4) is 0 Å². The Kier molecular flexibility index (Phi) is 5.54. The van der Waals surface area contributed by atoms with Crippen LogP contribution in [-0.2, 0) is 9.53 Å². The van der Waals surface area contributed by atoms with Gasteiger partial charge in [0, 0.05) is 19.3 Å². The summed E-state index contributed by atoms with van der Waals surface area (Å²) in [6.45, 7) is 6.02. The predicted octanol–water partition coefficient (Wildman–Crippen LogP) is 4.18. The van der Waals surface area contributed by atoms with Crippen molar-refractivity contribution in [3.05, 3.63) is 0 Å². The maximum Gasteiger partial charge on any atom is 0.306 e. The molecular formula is C14H24F2O2. The molecule has 1 fully saturated rings. The van der Waals surface area contributed by atoms with Crippen LogP contribution in [0, 0.1) is 11.8 Å². The molecule has 2 nitrogen and oxygen atoms in total. The van der Waals surface area contributed by atoms with E-state index < -0.39 is 5.92 Å². The molecule has 0 N–H and O–H groups in total. The fraction of sp³-hybridized carbons (Fsp3) is 0.929. The van der Waals surface area contributed by atoms with E-state index in [0.29, 0.717) is 25.2 Å². The first-order chi connectivity index (χ1) is 8.34. The lowest BCUT2D eigenvalue weighted by molar-refractivity contribution is -0.153. The van der Waals surface area contributed by atoms with Crippen LogP contribution in [0.25, 0.3) is 0 Å². The van der Waals surface area contributed by atoms with Crippen LogP contribution in [-0.4, -0.2) is 18.0 Å². The van der Waals surface area contributed by atoms with Gasteiger partial charge in [-0.25, -0.2) is 8.78 Å². The molecule has 1 saturated carbocycles. The highest BCUT2D eigenvalue weighted by molar-refractivity contribution is 5.69. The van der Waals surface area contributed by atoms with Gasteiger partial charge in [0.1, 0.15) is 6.10 Å². The minimum absolute atomic E-state index is 0.0532. The zero-order valence-corrected chi connectivity index (χ0v) is 11.5. The topological polar surface area (TPSA) is 26.3 Å². The van der Waals surface area contributed by atoms with Crippen molar-refractivity contribution in [2.24, 2.45) is 11.8 Å². The zero-order valence-electron chi connectivity index (χ0n) is 11.5. The summed E-state index contributed by atoms with van der Waals surface area (Å²) in [5, 5.41) is 0. The van der Waals surface area contributed by atoms with Crippen molar-refractivity contribution in [1.29, 1.82) is 0 Å². The van der Waals surface area contributed by atoms with E-state index in [4.69, 9.17) is 4.74 Å². The number of hydrogen-bond donors (Lipinski definition) is 0. The van der Waals surface area contributed by atoms with E-state index in [9.17, 15) is 13.6 Å². The van der Waals surface area contributed by atoms with Gasteiger partial charge in [0.05, 0.1) is 0 Å². The molecule has 18 heavy (non-hydrogen) atoms. The van der Waals surface area contributed by atoms with E-state index in [-0.39, 0.29) is 30.8 Å². The second-order valence-corrected chi connectivity index (χ2v) is 5.68. The van der Waals surface area contributed by atoms with Crippen molar-refractivity contribution in [2.75, 3.05) is 0 Å². The molecule has 4 heteroatoms. The van der Waals surface area contributed by atoms with Gasteiger partial charge in [-0.15, -0.1) is 0 Å². The number of esters is 1. The monoisotopic (exact) mass is 262 g/mol. The quantitative estimate of drug-likeness (QED) is 0.695. The summed E-state index contributed by atoms with van der Waals surface area (Å²) in [6, 6.07) is 0. The van der Waals surface area contributed by atoms with Crippen LogP contribution >= 0.6 is 0 Å². The standard InChI is InChI=1S/C14H24F2O2/c1-4-12(10(2)3)18-13(17)9-11-5-7-14(15,16)8-6-11/h10-12H,4-9H2,1-3H3. The van der Waals surface area contributed by atoms with Gasteiger partial charge in [-0.1, -0.05) is 20.8 Å².